The summed E-state index contributed by atoms with van der Waals surface area (Å²) in [6.07, 6.45) is 6.66. The van der Waals surface area contributed by atoms with E-state index in [4.69, 9.17) is 23.7 Å². The molecule has 0 N–H and O–H groups in total. The van der Waals surface area contributed by atoms with Crippen LogP contribution >= 0.6 is 0 Å². The molecule has 1 aromatic rings. The van der Waals surface area contributed by atoms with Gasteiger partial charge in [0.1, 0.15) is 0 Å². The van der Waals surface area contributed by atoms with Crippen molar-refractivity contribution >= 4 is 11.9 Å². The molecule has 1 aromatic carbocycles. The molecule has 7 atom stereocenters. The number of hydrogen-bond acceptors (Lipinski definition) is 8. The van der Waals surface area contributed by atoms with E-state index in [1.807, 2.05) is 39.8 Å². The molecule has 4 aliphatic rings. The number of allylic oxidation sites excluding steroid dienone is 1. The molecule has 0 saturated carbocycles. The minimum atomic E-state index is -2.35. The minimum Gasteiger partial charge on any atom is -0.465 e. The van der Waals surface area contributed by atoms with E-state index in [1.165, 1.54) is 0 Å². The molecular formula is C32H39F5O8. The zero-order valence-electron chi connectivity index (χ0n) is 25.8. The number of rotatable bonds is 7. The Morgan fingerprint density at radius 2 is 1.62 bits per heavy atom. The van der Waals surface area contributed by atoms with E-state index in [9.17, 15) is 31.5 Å². The SMILES string of the molecule is C[C@@H]1C[C@H]2O[C@H](C(=O)Oc3c(F)c(F)c(F)c(F)c3F)C[C@H]2O[C@@]12CC[C@]1(CCC[C@@H](/C=C/CCCOC(=O)C(C)(C)C)O1)O2. The molecule has 4 fully saturated rings. The van der Waals surface area contributed by atoms with Gasteiger partial charge in [-0.15, -0.1) is 0 Å². The number of carbonyl (C=O) groups excluding carboxylic acids is 2. The number of unbranched alkanes of at least 4 members (excludes halogenated alkanes) is 1. The van der Waals surface area contributed by atoms with Gasteiger partial charge in [0.15, 0.2) is 17.7 Å². The van der Waals surface area contributed by atoms with E-state index in [-0.39, 0.29) is 24.4 Å². The molecule has 8 nitrogen and oxygen atoms in total. The van der Waals surface area contributed by atoms with Crippen molar-refractivity contribution in [1.82, 2.24) is 0 Å². The van der Waals surface area contributed by atoms with Crippen molar-refractivity contribution in [2.75, 3.05) is 6.61 Å². The van der Waals surface area contributed by atoms with Crippen LogP contribution in [0.4, 0.5) is 22.0 Å². The zero-order chi connectivity index (χ0) is 32.7. The maximum Gasteiger partial charge on any atom is 0.340 e. The van der Waals surface area contributed by atoms with Gasteiger partial charge in [-0.3, -0.25) is 4.79 Å². The van der Waals surface area contributed by atoms with Crippen LogP contribution in [0.5, 0.6) is 5.75 Å². The van der Waals surface area contributed by atoms with E-state index in [1.54, 1.807) is 0 Å². The summed E-state index contributed by atoms with van der Waals surface area (Å²) in [6, 6.07) is 0. The smallest absolute Gasteiger partial charge is 0.340 e. The van der Waals surface area contributed by atoms with Crippen LogP contribution in [0.15, 0.2) is 12.2 Å². The Balaban J connectivity index is 1.15. The summed E-state index contributed by atoms with van der Waals surface area (Å²) in [4.78, 5) is 24.6. The molecule has 13 heteroatoms. The molecule has 0 amide bonds. The summed E-state index contributed by atoms with van der Waals surface area (Å²) in [7, 11) is 0. The van der Waals surface area contributed by atoms with E-state index >= 15 is 0 Å². The number of fused-ring (bicyclic) bond motifs is 1. The second-order valence-corrected chi connectivity index (χ2v) is 13.3. The van der Waals surface area contributed by atoms with Gasteiger partial charge in [0.25, 0.3) is 0 Å². The molecule has 0 bridgehead atoms. The van der Waals surface area contributed by atoms with Crippen molar-refractivity contribution in [3.63, 3.8) is 0 Å². The van der Waals surface area contributed by atoms with Crippen molar-refractivity contribution in [2.24, 2.45) is 11.3 Å². The van der Waals surface area contributed by atoms with Crippen LogP contribution in [-0.4, -0.2) is 54.5 Å². The average molecular weight is 647 g/mol. The van der Waals surface area contributed by atoms with Gasteiger partial charge >= 0.3 is 11.9 Å². The Morgan fingerprint density at radius 1 is 0.933 bits per heavy atom. The number of halogens is 5. The van der Waals surface area contributed by atoms with Crippen LogP contribution in [0.25, 0.3) is 0 Å². The summed E-state index contributed by atoms with van der Waals surface area (Å²) >= 11 is 0. The van der Waals surface area contributed by atoms with Gasteiger partial charge < -0.3 is 28.4 Å². The highest BCUT2D eigenvalue weighted by Crippen LogP contribution is 2.53. The molecule has 0 radical (unpaired) electrons. The molecule has 4 heterocycles. The third-order valence-corrected chi connectivity index (χ3v) is 8.86. The first kappa shape index (κ1) is 33.7. The number of hydrogen-bond donors (Lipinski definition) is 0. The number of ether oxygens (including phenoxy) is 6. The van der Waals surface area contributed by atoms with Crippen LogP contribution in [-0.2, 0) is 33.3 Å². The lowest BCUT2D eigenvalue weighted by Crippen LogP contribution is -2.53. The summed E-state index contributed by atoms with van der Waals surface area (Å²) in [5, 5.41) is 0. The third-order valence-electron chi connectivity index (χ3n) is 8.86. The number of benzene rings is 1. The lowest BCUT2D eigenvalue weighted by Gasteiger charge is -2.46. The highest BCUT2D eigenvalue weighted by atomic mass is 19.2. The van der Waals surface area contributed by atoms with Crippen molar-refractivity contribution < 1.29 is 60.0 Å². The topological polar surface area (TPSA) is 89.5 Å². The van der Waals surface area contributed by atoms with Crippen LogP contribution in [0.3, 0.4) is 0 Å². The van der Waals surface area contributed by atoms with Gasteiger partial charge in [0.05, 0.1) is 30.3 Å². The van der Waals surface area contributed by atoms with Crippen molar-refractivity contribution in [2.45, 2.75) is 121 Å². The Labute approximate surface area is 258 Å². The van der Waals surface area contributed by atoms with Crippen molar-refractivity contribution in [1.29, 1.82) is 0 Å². The quantitative estimate of drug-likeness (QED) is 0.0626. The van der Waals surface area contributed by atoms with Crippen LogP contribution in [0.1, 0.15) is 85.5 Å². The number of carbonyl (C=O) groups is 2. The van der Waals surface area contributed by atoms with Crippen LogP contribution < -0.4 is 4.74 Å². The fourth-order valence-electron chi connectivity index (χ4n) is 6.34. The largest absolute Gasteiger partial charge is 0.465 e. The molecule has 250 valence electrons. The number of esters is 2. The Kier molecular flexibility index (Phi) is 9.66. The maximum absolute atomic E-state index is 14.1. The van der Waals surface area contributed by atoms with E-state index in [0.717, 1.165) is 19.3 Å². The van der Waals surface area contributed by atoms with Gasteiger partial charge in [0.2, 0.25) is 34.8 Å². The first-order valence-electron chi connectivity index (χ1n) is 15.4. The molecule has 4 aliphatic heterocycles. The highest BCUT2D eigenvalue weighted by molar-refractivity contribution is 5.78. The Morgan fingerprint density at radius 3 is 2.31 bits per heavy atom. The molecule has 0 aromatic heterocycles. The predicted molar refractivity (Wildman–Crippen MR) is 147 cm³/mol. The molecule has 4 saturated heterocycles. The fraction of sp³-hybridized carbons (Fsp3) is 0.688. The van der Waals surface area contributed by atoms with Crippen molar-refractivity contribution in [3.8, 4) is 5.75 Å². The summed E-state index contributed by atoms with van der Waals surface area (Å²) in [5.74, 6) is -16.5. The first-order chi connectivity index (χ1) is 21.1. The lowest BCUT2D eigenvalue weighted by atomic mass is 9.86. The summed E-state index contributed by atoms with van der Waals surface area (Å²) in [6.45, 7) is 7.71. The van der Waals surface area contributed by atoms with Crippen LogP contribution in [0.2, 0.25) is 0 Å². The van der Waals surface area contributed by atoms with Gasteiger partial charge in [-0.05, 0) is 52.9 Å². The Bertz CT molecular complexity index is 1300. The summed E-state index contributed by atoms with van der Waals surface area (Å²) < 4.78 is 104. The lowest BCUT2D eigenvalue weighted by molar-refractivity contribution is -0.373. The molecule has 0 aliphatic carbocycles. The third kappa shape index (κ3) is 6.91. The highest BCUT2D eigenvalue weighted by Gasteiger charge is 2.60. The van der Waals surface area contributed by atoms with Gasteiger partial charge in [-0.25, -0.2) is 18.0 Å². The average Bonchev–Trinajstić information content (AvgIpc) is 3.56. The molecule has 2 spiro atoms. The monoisotopic (exact) mass is 646 g/mol. The Hall–Kier alpha value is -2.61. The van der Waals surface area contributed by atoms with Gasteiger partial charge in [0, 0.05) is 31.6 Å². The second kappa shape index (κ2) is 12.9. The molecule has 45 heavy (non-hydrogen) atoms. The molecular weight excluding hydrogens is 607 g/mol. The van der Waals surface area contributed by atoms with E-state index in [2.05, 4.69) is 4.74 Å². The standard InChI is InChI=1S/C32H39F5O8/c1-17-15-19-20(16-21(41-19)28(38)42-27-25(36)23(34)22(33)24(35)26(27)37)44-32(17)13-12-31(45-32)11-8-10-18(43-31)9-6-5-7-14-40-29(39)30(2,3)4/h6,9,17-21H,5,7-8,10-16H2,1-4H3/b9-6+/t17-,18-,19-,20-,21+,31+,32-/m1/s1. The normalized spacial score (nSPS) is 33.2. The summed E-state index contributed by atoms with van der Waals surface area (Å²) in [5.41, 5.74) is -0.534. The minimum absolute atomic E-state index is 0.0546. The second-order valence-electron chi connectivity index (χ2n) is 13.3. The fourth-order valence-corrected chi connectivity index (χ4v) is 6.34. The van der Waals surface area contributed by atoms with Gasteiger partial charge in [-0.2, -0.15) is 8.78 Å². The van der Waals surface area contributed by atoms with E-state index < -0.39 is 76.1 Å². The molecule has 5 rings (SSSR count). The van der Waals surface area contributed by atoms with E-state index in [0.29, 0.717) is 38.7 Å². The predicted octanol–water partition coefficient (Wildman–Crippen LogP) is 6.57. The maximum atomic E-state index is 14.1. The van der Waals surface area contributed by atoms with Gasteiger partial charge in [-0.1, -0.05) is 19.1 Å². The first-order valence-corrected chi connectivity index (χ1v) is 15.4. The van der Waals surface area contributed by atoms with Crippen molar-refractivity contribution in [3.05, 3.63) is 41.2 Å². The zero-order valence-corrected chi connectivity index (χ0v) is 25.8. The molecule has 0 unspecified atom stereocenters. The van der Waals surface area contributed by atoms with Crippen LogP contribution in [0, 0.1) is 40.4 Å².